The second-order valence-corrected chi connectivity index (χ2v) is 3.97. The van der Waals surface area contributed by atoms with Gasteiger partial charge < -0.3 is 16.2 Å². The van der Waals surface area contributed by atoms with Crippen LogP contribution in [0.2, 0.25) is 0 Å². The number of rotatable bonds is 3. The number of nitrogen functional groups attached to an aromatic ring is 1. The maximum atomic E-state index is 12.0. The summed E-state index contributed by atoms with van der Waals surface area (Å²) in [5, 5.41) is 17.9. The summed E-state index contributed by atoms with van der Waals surface area (Å²) in [5.41, 5.74) is 7.02. The average Bonchev–Trinajstić information content (AvgIpc) is 2.75. The standard InChI is InChI=1S/C12H12N4O3/c1-6-9(5-14-16-6)11(17)15-10-4-7(13)2-3-8(10)12(18)19/h2-5H,13H2,1H3,(H,14,16)(H,15,17)(H,18,19). The highest BCUT2D eigenvalue weighted by atomic mass is 16.4. The summed E-state index contributed by atoms with van der Waals surface area (Å²) in [6.45, 7) is 1.69. The molecule has 1 heterocycles. The Balaban J connectivity index is 2.33. The van der Waals surface area contributed by atoms with Gasteiger partial charge >= 0.3 is 5.97 Å². The number of carboxylic acids is 1. The highest BCUT2D eigenvalue weighted by Gasteiger charge is 2.16. The molecule has 7 nitrogen and oxygen atoms in total. The number of carbonyl (C=O) groups is 2. The molecule has 1 amide bonds. The summed E-state index contributed by atoms with van der Waals surface area (Å²) in [4.78, 5) is 23.0. The third-order valence-electron chi connectivity index (χ3n) is 2.60. The Bertz CT molecular complexity index is 648. The van der Waals surface area contributed by atoms with Crippen molar-refractivity contribution in [1.29, 1.82) is 0 Å². The smallest absolute Gasteiger partial charge is 0.337 e. The molecule has 0 aliphatic rings. The van der Waals surface area contributed by atoms with E-state index in [0.717, 1.165) is 0 Å². The molecule has 0 saturated carbocycles. The van der Waals surface area contributed by atoms with E-state index in [0.29, 0.717) is 16.9 Å². The fraction of sp³-hybridized carbons (Fsp3) is 0.0833. The number of carboxylic acid groups (broad SMARTS) is 1. The summed E-state index contributed by atoms with van der Waals surface area (Å²) in [6, 6.07) is 4.20. The predicted molar refractivity (Wildman–Crippen MR) is 69.1 cm³/mol. The zero-order chi connectivity index (χ0) is 14.0. The molecule has 0 saturated heterocycles. The number of carbonyl (C=O) groups excluding carboxylic acids is 1. The van der Waals surface area contributed by atoms with Gasteiger partial charge in [-0.05, 0) is 25.1 Å². The SMILES string of the molecule is Cc1[nH]ncc1C(=O)Nc1cc(N)ccc1C(=O)O. The summed E-state index contributed by atoms with van der Waals surface area (Å²) in [6.07, 6.45) is 1.37. The zero-order valence-corrected chi connectivity index (χ0v) is 10.1. The van der Waals surface area contributed by atoms with Crippen LogP contribution in [-0.2, 0) is 0 Å². The largest absolute Gasteiger partial charge is 0.478 e. The Kier molecular flexibility index (Phi) is 3.19. The molecule has 0 bridgehead atoms. The van der Waals surface area contributed by atoms with Gasteiger partial charge in [-0.25, -0.2) is 4.79 Å². The first-order valence-corrected chi connectivity index (χ1v) is 5.43. The highest BCUT2D eigenvalue weighted by molar-refractivity contribution is 6.08. The normalized spacial score (nSPS) is 10.2. The van der Waals surface area contributed by atoms with E-state index >= 15 is 0 Å². The van der Waals surface area contributed by atoms with Crippen molar-refractivity contribution in [2.45, 2.75) is 6.92 Å². The highest BCUT2D eigenvalue weighted by Crippen LogP contribution is 2.20. The molecule has 0 unspecified atom stereocenters. The summed E-state index contributed by atoms with van der Waals surface area (Å²) < 4.78 is 0. The number of anilines is 2. The minimum atomic E-state index is -1.14. The number of hydrogen-bond acceptors (Lipinski definition) is 4. The van der Waals surface area contributed by atoms with E-state index in [4.69, 9.17) is 10.8 Å². The van der Waals surface area contributed by atoms with Crippen LogP contribution in [0.3, 0.4) is 0 Å². The van der Waals surface area contributed by atoms with Crippen LogP contribution in [0.4, 0.5) is 11.4 Å². The van der Waals surface area contributed by atoms with Gasteiger partial charge in [-0.2, -0.15) is 5.10 Å². The Morgan fingerprint density at radius 2 is 2.11 bits per heavy atom. The van der Waals surface area contributed by atoms with Crippen molar-refractivity contribution in [1.82, 2.24) is 10.2 Å². The van der Waals surface area contributed by atoms with Crippen molar-refractivity contribution in [3.05, 3.63) is 41.2 Å². The minimum absolute atomic E-state index is 0.0244. The second kappa shape index (κ2) is 4.81. The van der Waals surface area contributed by atoms with Crippen LogP contribution >= 0.6 is 0 Å². The summed E-state index contributed by atoms with van der Waals surface area (Å²) >= 11 is 0. The van der Waals surface area contributed by atoms with Crippen LogP contribution in [0, 0.1) is 6.92 Å². The van der Waals surface area contributed by atoms with Crippen molar-refractivity contribution in [2.24, 2.45) is 0 Å². The maximum absolute atomic E-state index is 12.0. The number of H-pyrrole nitrogens is 1. The van der Waals surface area contributed by atoms with Gasteiger partial charge in [-0.1, -0.05) is 0 Å². The van der Waals surface area contributed by atoms with E-state index in [9.17, 15) is 9.59 Å². The molecule has 0 atom stereocenters. The first kappa shape index (κ1) is 12.6. The molecule has 5 N–H and O–H groups in total. The van der Waals surface area contributed by atoms with Crippen LogP contribution in [0.25, 0.3) is 0 Å². The molecule has 1 aromatic carbocycles. The quantitative estimate of drug-likeness (QED) is 0.619. The van der Waals surface area contributed by atoms with E-state index in [1.807, 2.05) is 0 Å². The van der Waals surface area contributed by atoms with E-state index in [1.165, 1.54) is 24.4 Å². The van der Waals surface area contributed by atoms with E-state index in [2.05, 4.69) is 15.5 Å². The molecule has 7 heteroatoms. The lowest BCUT2D eigenvalue weighted by Crippen LogP contribution is -2.15. The average molecular weight is 260 g/mol. The number of amides is 1. The van der Waals surface area contributed by atoms with Gasteiger partial charge in [-0.15, -0.1) is 0 Å². The molecule has 0 radical (unpaired) electrons. The number of hydrogen-bond donors (Lipinski definition) is 4. The molecule has 1 aromatic heterocycles. The lowest BCUT2D eigenvalue weighted by Gasteiger charge is -2.08. The van der Waals surface area contributed by atoms with Gasteiger partial charge in [-0.3, -0.25) is 9.89 Å². The molecule has 19 heavy (non-hydrogen) atoms. The third-order valence-corrected chi connectivity index (χ3v) is 2.60. The molecular formula is C12H12N4O3. The second-order valence-electron chi connectivity index (χ2n) is 3.97. The van der Waals surface area contributed by atoms with Gasteiger partial charge in [0.2, 0.25) is 0 Å². The predicted octanol–water partition coefficient (Wildman–Crippen LogP) is 1.25. The maximum Gasteiger partial charge on any atom is 0.337 e. The molecule has 98 valence electrons. The van der Waals surface area contributed by atoms with Crippen LogP contribution < -0.4 is 11.1 Å². The van der Waals surface area contributed by atoms with E-state index in [1.54, 1.807) is 6.92 Å². The summed E-state index contributed by atoms with van der Waals surface area (Å²) in [7, 11) is 0. The number of nitrogens with one attached hydrogen (secondary N) is 2. The fourth-order valence-corrected chi connectivity index (χ4v) is 1.62. The first-order chi connectivity index (χ1) is 8.99. The van der Waals surface area contributed by atoms with Crippen LogP contribution in [0.5, 0.6) is 0 Å². The van der Waals surface area contributed by atoms with Gasteiger partial charge in [0.15, 0.2) is 0 Å². The fourth-order valence-electron chi connectivity index (χ4n) is 1.62. The number of aryl methyl sites for hydroxylation is 1. The van der Waals surface area contributed by atoms with E-state index < -0.39 is 11.9 Å². The number of aromatic carboxylic acids is 1. The molecule has 0 fully saturated rings. The Hall–Kier alpha value is -2.83. The Morgan fingerprint density at radius 3 is 2.68 bits per heavy atom. The van der Waals surface area contributed by atoms with Crippen molar-refractivity contribution >= 4 is 23.3 Å². The van der Waals surface area contributed by atoms with Crippen molar-refractivity contribution in [3.63, 3.8) is 0 Å². The van der Waals surface area contributed by atoms with Gasteiger partial charge in [0, 0.05) is 11.4 Å². The summed E-state index contributed by atoms with van der Waals surface area (Å²) in [5.74, 6) is -1.58. The van der Waals surface area contributed by atoms with Crippen LogP contribution in [0.1, 0.15) is 26.4 Å². The lowest BCUT2D eigenvalue weighted by molar-refractivity contribution is 0.0698. The number of nitrogens with zero attached hydrogens (tertiary/aromatic N) is 1. The number of benzene rings is 1. The van der Waals surface area contributed by atoms with Crippen LogP contribution in [0.15, 0.2) is 24.4 Å². The molecule has 0 aliphatic heterocycles. The van der Waals surface area contributed by atoms with Crippen molar-refractivity contribution < 1.29 is 14.7 Å². The van der Waals surface area contributed by atoms with Gasteiger partial charge in [0.1, 0.15) is 0 Å². The lowest BCUT2D eigenvalue weighted by atomic mass is 10.1. The monoisotopic (exact) mass is 260 g/mol. The van der Waals surface area contributed by atoms with E-state index in [-0.39, 0.29) is 11.3 Å². The molecular weight excluding hydrogens is 248 g/mol. The Morgan fingerprint density at radius 1 is 1.37 bits per heavy atom. The zero-order valence-electron chi connectivity index (χ0n) is 10.1. The first-order valence-electron chi connectivity index (χ1n) is 5.43. The molecule has 2 rings (SSSR count). The Labute approximate surface area is 108 Å². The molecule has 0 aliphatic carbocycles. The van der Waals surface area contributed by atoms with Crippen molar-refractivity contribution in [2.75, 3.05) is 11.1 Å². The van der Waals surface area contributed by atoms with Crippen molar-refractivity contribution in [3.8, 4) is 0 Å². The topological polar surface area (TPSA) is 121 Å². The number of nitrogens with two attached hydrogens (primary N) is 1. The third kappa shape index (κ3) is 2.54. The minimum Gasteiger partial charge on any atom is -0.478 e. The van der Waals surface area contributed by atoms with Gasteiger partial charge in [0.05, 0.1) is 23.0 Å². The van der Waals surface area contributed by atoms with Crippen LogP contribution in [-0.4, -0.2) is 27.2 Å². The van der Waals surface area contributed by atoms with Gasteiger partial charge in [0.25, 0.3) is 5.91 Å². The number of aromatic amines is 1. The number of aromatic nitrogens is 2. The molecule has 0 spiro atoms. The molecule has 2 aromatic rings.